The highest BCUT2D eigenvalue weighted by Crippen LogP contribution is 1.95. The number of hydrogen-bond donors (Lipinski definition) is 0. The summed E-state index contributed by atoms with van der Waals surface area (Å²) in [6.07, 6.45) is 1.69. The molecule has 5 nitrogen and oxygen atoms in total. The van der Waals surface area contributed by atoms with Gasteiger partial charge in [0, 0.05) is 12.7 Å². The molecule has 1 aromatic heterocycles. The molecule has 0 amide bonds. The van der Waals surface area contributed by atoms with Crippen molar-refractivity contribution in [2.45, 2.75) is 40.0 Å². The zero-order valence-electron chi connectivity index (χ0n) is 10.3. The normalized spacial score (nSPS) is 11.1. The fourth-order valence-electron chi connectivity index (χ4n) is 1.42. The quantitative estimate of drug-likeness (QED) is 0.745. The summed E-state index contributed by atoms with van der Waals surface area (Å²) in [5, 5.41) is 0. The van der Waals surface area contributed by atoms with Crippen molar-refractivity contribution < 1.29 is 4.74 Å². The van der Waals surface area contributed by atoms with Gasteiger partial charge >= 0.3 is 5.69 Å². The van der Waals surface area contributed by atoms with E-state index in [0.717, 1.165) is 0 Å². The van der Waals surface area contributed by atoms with E-state index in [0.29, 0.717) is 23.3 Å². The second-order valence-corrected chi connectivity index (χ2v) is 5.08. The summed E-state index contributed by atoms with van der Waals surface area (Å²) < 4.78 is 8.66. The molecule has 17 heavy (non-hydrogen) atoms. The maximum atomic E-state index is 11.9. The average Bonchev–Trinajstić information content (AvgIpc) is 2.27. The second kappa shape index (κ2) is 6.34. The van der Waals surface area contributed by atoms with E-state index in [-0.39, 0.29) is 17.4 Å². The Labute approximate surface area is 114 Å². The number of hydrogen-bond acceptors (Lipinski definition) is 3. The van der Waals surface area contributed by atoms with Gasteiger partial charge in [0.2, 0.25) is 0 Å². The van der Waals surface area contributed by atoms with Crippen molar-refractivity contribution in [2.75, 3.05) is 6.61 Å². The Hall–Kier alpha value is -0.630. The van der Waals surface area contributed by atoms with E-state index in [1.165, 1.54) is 9.13 Å². The first-order valence-corrected chi connectivity index (χ1v) is 6.66. The molecule has 0 atom stereocenters. The van der Waals surface area contributed by atoms with Crippen LogP contribution in [0.2, 0.25) is 0 Å². The lowest BCUT2D eigenvalue weighted by Gasteiger charge is -2.11. The third-order valence-corrected chi connectivity index (χ3v) is 3.04. The third kappa shape index (κ3) is 3.67. The molecular formula is C11H17IN2O3. The Kier molecular flexibility index (Phi) is 5.38. The molecular weight excluding hydrogens is 335 g/mol. The molecule has 1 rings (SSSR count). The molecule has 1 aromatic rings. The lowest BCUT2D eigenvalue weighted by molar-refractivity contribution is 0.0713. The van der Waals surface area contributed by atoms with Crippen LogP contribution in [0.4, 0.5) is 0 Å². The molecule has 0 aliphatic carbocycles. The van der Waals surface area contributed by atoms with Gasteiger partial charge in [0.1, 0.15) is 0 Å². The molecule has 0 aliphatic rings. The summed E-state index contributed by atoms with van der Waals surface area (Å²) in [6, 6.07) is 0. The van der Waals surface area contributed by atoms with Crippen LogP contribution in [0, 0.1) is 3.57 Å². The first-order chi connectivity index (χ1) is 7.97. The van der Waals surface area contributed by atoms with E-state index in [9.17, 15) is 9.59 Å². The summed E-state index contributed by atoms with van der Waals surface area (Å²) in [4.78, 5) is 23.7. The molecule has 0 N–H and O–H groups in total. The number of halogens is 1. The van der Waals surface area contributed by atoms with Gasteiger partial charge in [0.15, 0.2) is 0 Å². The van der Waals surface area contributed by atoms with Gasteiger partial charge in [-0.25, -0.2) is 4.79 Å². The molecule has 0 unspecified atom stereocenters. The van der Waals surface area contributed by atoms with Gasteiger partial charge in [-0.3, -0.25) is 13.9 Å². The van der Waals surface area contributed by atoms with Crippen molar-refractivity contribution in [2.24, 2.45) is 0 Å². The largest absolute Gasteiger partial charge is 0.377 e. The molecule has 0 saturated heterocycles. The van der Waals surface area contributed by atoms with Crippen LogP contribution in [0.3, 0.4) is 0 Å². The maximum Gasteiger partial charge on any atom is 0.331 e. The van der Waals surface area contributed by atoms with E-state index in [1.807, 2.05) is 43.4 Å². The zero-order chi connectivity index (χ0) is 13.0. The van der Waals surface area contributed by atoms with Crippen molar-refractivity contribution in [1.82, 2.24) is 9.13 Å². The van der Waals surface area contributed by atoms with Crippen molar-refractivity contribution in [3.05, 3.63) is 30.6 Å². The molecule has 0 spiro atoms. The number of aryl methyl sites for hydroxylation is 1. The van der Waals surface area contributed by atoms with E-state index in [4.69, 9.17) is 4.74 Å². The molecule has 0 radical (unpaired) electrons. The molecule has 0 fully saturated rings. The summed E-state index contributed by atoms with van der Waals surface area (Å²) in [6.45, 7) is 6.93. The van der Waals surface area contributed by atoms with Gasteiger partial charge in [-0.2, -0.15) is 0 Å². The van der Waals surface area contributed by atoms with E-state index < -0.39 is 0 Å². The second-order valence-electron chi connectivity index (χ2n) is 3.92. The van der Waals surface area contributed by atoms with Crippen molar-refractivity contribution >= 4 is 22.6 Å². The Morgan fingerprint density at radius 2 is 2.06 bits per heavy atom. The number of nitrogens with zero attached hydrogens (tertiary/aromatic N) is 2. The van der Waals surface area contributed by atoms with Crippen LogP contribution >= 0.6 is 22.6 Å². The van der Waals surface area contributed by atoms with E-state index in [2.05, 4.69) is 0 Å². The van der Waals surface area contributed by atoms with Crippen LogP contribution in [-0.2, 0) is 17.8 Å². The van der Waals surface area contributed by atoms with Gasteiger partial charge < -0.3 is 4.74 Å². The first-order valence-electron chi connectivity index (χ1n) is 5.58. The number of rotatable bonds is 5. The molecule has 0 aromatic carbocycles. The molecule has 0 saturated carbocycles. The van der Waals surface area contributed by atoms with Crippen LogP contribution in [0.15, 0.2) is 15.8 Å². The Morgan fingerprint density at radius 1 is 1.41 bits per heavy atom. The Bertz CT molecular complexity index is 490. The van der Waals surface area contributed by atoms with Gasteiger partial charge in [-0.05, 0) is 43.4 Å². The standard InChI is InChI=1S/C11H17IN2O3/c1-4-13-7-9(12)10(15)14(11(13)16)5-6-17-8(2)3/h7-8H,4-6H2,1-3H3. The summed E-state index contributed by atoms with van der Waals surface area (Å²) in [7, 11) is 0. The molecule has 6 heteroatoms. The van der Waals surface area contributed by atoms with Crippen molar-refractivity contribution in [3.63, 3.8) is 0 Å². The topological polar surface area (TPSA) is 53.2 Å². The number of ether oxygens (including phenoxy) is 1. The predicted octanol–water partition coefficient (Wildman–Crippen LogP) is 1.06. The molecule has 0 aliphatic heterocycles. The minimum Gasteiger partial charge on any atom is -0.377 e. The average molecular weight is 352 g/mol. The van der Waals surface area contributed by atoms with Crippen LogP contribution in [-0.4, -0.2) is 21.8 Å². The summed E-state index contributed by atoms with van der Waals surface area (Å²) in [5.41, 5.74) is -0.516. The first kappa shape index (κ1) is 14.4. The van der Waals surface area contributed by atoms with Gasteiger partial charge in [-0.1, -0.05) is 0 Å². The number of aromatic nitrogens is 2. The zero-order valence-corrected chi connectivity index (χ0v) is 12.4. The van der Waals surface area contributed by atoms with Crippen LogP contribution in [0.5, 0.6) is 0 Å². The highest BCUT2D eigenvalue weighted by atomic mass is 127. The SMILES string of the molecule is CCn1cc(I)c(=O)n(CCOC(C)C)c1=O. The van der Waals surface area contributed by atoms with Crippen molar-refractivity contribution in [3.8, 4) is 0 Å². The fourth-order valence-corrected chi connectivity index (χ4v) is 2.05. The summed E-state index contributed by atoms with van der Waals surface area (Å²) >= 11 is 1.95. The van der Waals surface area contributed by atoms with Crippen molar-refractivity contribution in [1.29, 1.82) is 0 Å². The Morgan fingerprint density at radius 3 is 2.59 bits per heavy atom. The lowest BCUT2D eigenvalue weighted by Crippen LogP contribution is -2.41. The smallest absolute Gasteiger partial charge is 0.331 e. The lowest BCUT2D eigenvalue weighted by atomic mass is 10.5. The predicted molar refractivity (Wildman–Crippen MR) is 74.4 cm³/mol. The minimum atomic E-state index is -0.273. The molecule has 96 valence electrons. The van der Waals surface area contributed by atoms with Crippen LogP contribution < -0.4 is 11.2 Å². The van der Waals surface area contributed by atoms with Crippen LogP contribution in [0.25, 0.3) is 0 Å². The highest BCUT2D eigenvalue weighted by Gasteiger charge is 2.08. The highest BCUT2D eigenvalue weighted by molar-refractivity contribution is 14.1. The van der Waals surface area contributed by atoms with Gasteiger partial charge in [0.25, 0.3) is 5.56 Å². The van der Waals surface area contributed by atoms with E-state index >= 15 is 0 Å². The monoisotopic (exact) mass is 352 g/mol. The minimum absolute atomic E-state index is 0.0990. The van der Waals surface area contributed by atoms with Gasteiger partial charge in [0.05, 0.1) is 22.8 Å². The Balaban J connectivity index is 3.01. The maximum absolute atomic E-state index is 11.9. The molecule has 0 bridgehead atoms. The summed E-state index contributed by atoms with van der Waals surface area (Å²) in [5.74, 6) is 0. The van der Waals surface area contributed by atoms with Gasteiger partial charge in [-0.15, -0.1) is 0 Å². The van der Waals surface area contributed by atoms with Crippen LogP contribution in [0.1, 0.15) is 20.8 Å². The molecule has 1 heterocycles. The third-order valence-electron chi connectivity index (χ3n) is 2.30. The fraction of sp³-hybridized carbons (Fsp3) is 0.636. The van der Waals surface area contributed by atoms with E-state index in [1.54, 1.807) is 6.20 Å².